The van der Waals surface area contributed by atoms with E-state index >= 15 is 0 Å². The zero-order valence-electron chi connectivity index (χ0n) is 15.2. The second kappa shape index (κ2) is 11.1. The van der Waals surface area contributed by atoms with E-state index in [2.05, 4.69) is 49.9 Å². The lowest BCUT2D eigenvalue weighted by Crippen LogP contribution is -2.15. The molecule has 1 N–H and O–H groups in total. The van der Waals surface area contributed by atoms with Crippen LogP contribution in [0.15, 0.2) is 30.3 Å². The van der Waals surface area contributed by atoms with Gasteiger partial charge in [0.15, 0.2) is 0 Å². The number of rotatable bonds is 8. The minimum atomic E-state index is -4.31. The van der Waals surface area contributed by atoms with Gasteiger partial charge in [0, 0.05) is 16.8 Å². The lowest BCUT2D eigenvalue weighted by atomic mass is 10.1. The number of hydrogen-bond acceptors (Lipinski definition) is 8. The van der Waals surface area contributed by atoms with Crippen LogP contribution in [0.3, 0.4) is 0 Å². The molecule has 0 aliphatic rings. The van der Waals surface area contributed by atoms with Gasteiger partial charge in [0.2, 0.25) is 0 Å². The van der Waals surface area contributed by atoms with Crippen molar-refractivity contribution in [2.75, 3.05) is 12.4 Å². The van der Waals surface area contributed by atoms with E-state index in [0.717, 1.165) is 13.2 Å². The van der Waals surface area contributed by atoms with Gasteiger partial charge in [-0.3, -0.25) is 14.7 Å². The Morgan fingerprint density at radius 2 is 1.74 bits per heavy atom. The third-order valence-electron chi connectivity index (χ3n) is 3.66. The summed E-state index contributed by atoms with van der Waals surface area (Å²) in [7, 11) is -4.31. The zero-order valence-corrected chi connectivity index (χ0v) is 22.5. The van der Waals surface area contributed by atoms with E-state index in [4.69, 9.17) is 9.29 Å². The van der Waals surface area contributed by atoms with Gasteiger partial charge < -0.3 is 9.47 Å². The first-order valence-corrected chi connectivity index (χ1v) is 12.9. The Balaban J connectivity index is 2.16. The zero-order chi connectivity index (χ0) is 23.3. The predicted molar refractivity (Wildman–Crippen MR) is 134 cm³/mol. The lowest BCUT2D eigenvalue weighted by Gasteiger charge is -2.10. The molecule has 0 saturated carbocycles. The van der Waals surface area contributed by atoms with Crippen molar-refractivity contribution in [1.29, 1.82) is 0 Å². The Morgan fingerprint density at radius 3 is 2.35 bits per heavy atom. The molecule has 2 rings (SSSR count). The third kappa shape index (κ3) is 7.75. The molecule has 0 saturated heterocycles. The summed E-state index contributed by atoms with van der Waals surface area (Å²) < 4.78 is 42.3. The fourth-order valence-electron chi connectivity index (χ4n) is 2.23. The molecule has 0 aliphatic heterocycles. The maximum Gasteiger partial charge on any atom is 0.339 e. The van der Waals surface area contributed by atoms with E-state index in [1.54, 1.807) is 6.07 Å². The molecule has 2 aromatic rings. The van der Waals surface area contributed by atoms with Gasteiger partial charge in [0.05, 0.1) is 21.6 Å². The summed E-state index contributed by atoms with van der Waals surface area (Å²) >= 11 is 6.16. The van der Waals surface area contributed by atoms with E-state index in [1.807, 2.05) is 28.7 Å². The lowest BCUT2D eigenvalue weighted by molar-refractivity contribution is -0.385. The molecule has 0 radical (unpaired) electrons. The van der Waals surface area contributed by atoms with E-state index in [1.165, 1.54) is 12.1 Å². The molecular weight excluding hydrogens is 775 g/mol. The second-order valence-electron chi connectivity index (χ2n) is 5.85. The van der Waals surface area contributed by atoms with Gasteiger partial charge >= 0.3 is 11.9 Å². The number of carbonyl (C=O) groups is 2. The summed E-state index contributed by atoms with van der Waals surface area (Å²) in [6, 6.07) is 6.95. The summed E-state index contributed by atoms with van der Waals surface area (Å²) in [5.41, 5.74) is -0.274. The van der Waals surface area contributed by atoms with Crippen LogP contribution in [0.2, 0.25) is 0 Å². The minimum Gasteiger partial charge on any atom is -0.461 e. The van der Waals surface area contributed by atoms with E-state index < -0.39 is 51.6 Å². The topological polar surface area (TPSA) is 150 Å². The normalized spacial score (nSPS) is 11.1. The predicted octanol–water partition coefficient (Wildman–Crippen LogP) is 3.81. The summed E-state index contributed by atoms with van der Waals surface area (Å²) in [5.74, 6) is -2.45. The molecule has 0 spiro atoms. The minimum absolute atomic E-state index is 0.0585. The average Bonchev–Trinajstić information content (AvgIpc) is 2.67. The van der Waals surface area contributed by atoms with Crippen LogP contribution < -0.4 is 0 Å². The summed E-state index contributed by atoms with van der Waals surface area (Å²) in [4.78, 5) is 35.1. The summed E-state index contributed by atoms with van der Waals surface area (Å²) in [6.45, 7) is -1.01. The maximum absolute atomic E-state index is 12.5. The second-order valence-corrected chi connectivity index (χ2v) is 10.9. The van der Waals surface area contributed by atoms with Crippen molar-refractivity contribution < 1.29 is 37.0 Å². The molecule has 0 fully saturated rings. The van der Waals surface area contributed by atoms with Crippen LogP contribution in [0.1, 0.15) is 26.3 Å². The molecule has 166 valence electrons. The van der Waals surface area contributed by atoms with Gasteiger partial charge in [0.25, 0.3) is 15.8 Å². The number of benzene rings is 2. The molecule has 31 heavy (non-hydrogen) atoms. The fraction of sp³-hybridized carbons (Fsp3) is 0.176. The molecular formula is C17H12I3NO9S. The number of nitro benzene ring substituents is 1. The first kappa shape index (κ1) is 26.1. The van der Waals surface area contributed by atoms with Crippen LogP contribution in [0.4, 0.5) is 5.69 Å². The molecule has 0 aromatic heterocycles. The van der Waals surface area contributed by atoms with Crippen molar-refractivity contribution in [3.05, 3.63) is 67.8 Å². The number of ether oxygens (including phenoxy) is 2. The van der Waals surface area contributed by atoms with Crippen molar-refractivity contribution in [2.24, 2.45) is 0 Å². The smallest absolute Gasteiger partial charge is 0.339 e. The van der Waals surface area contributed by atoms with E-state index in [-0.39, 0.29) is 11.1 Å². The summed E-state index contributed by atoms with van der Waals surface area (Å²) in [6.07, 6.45) is 0. The molecule has 10 nitrogen and oxygen atoms in total. The molecule has 0 heterocycles. The maximum atomic E-state index is 12.5. The monoisotopic (exact) mass is 787 g/mol. The van der Waals surface area contributed by atoms with Gasteiger partial charge in [-0.15, -0.1) is 0 Å². The SMILES string of the molecule is O=C(OCCS(=O)(=O)O)c1ccc(COC(=O)c2cc(I)cc(I)c2I)c([N+](=O)[O-])c1. The highest BCUT2D eigenvalue weighted by molar-refractivity contribution is 14.1. The van der Waals surface area contributed by atoms with Gasteiger partial charge in [-0.05, 0) is 92.0 Å². The molecule has 14 heteroatoms. The van der Waals surface area contributed by atoms with Gasteiger partial charge in [-0.1, -0.05) is 0 Å². The first-order chi connectivity index (χ1) is 14.4. The number of halogens is 3. The van der Waals surface area contributed by atoms with Gasteiger partial charge in [0.1, 0.15) is 19.0 Å². The standard InChI is InChI=1S/C17H12I3NO9S/c18-11-6-12(15(20)13(19)7-11)17(23)30-8-10-2-1-9(5-14(10)21(24)25)16(22)29-3-4-31(26,27)28/h1-2,5-7H,3-4,8H2,(H,26,27,28). The first-order valence-electron chi connectivity index (χ1n) is 8.10. The number of nitrogens with zero attached hydrogens (tertiary/aromatic N) is 1. The van der Waals surface area contributed by atoms with Crippen LogP contribution >= 0.6 is 67.8 Å². The van der Waals surface area contributed by atoms with Crippen LogP contribution in [-0.2, 0) is 26.2 Å². The van der Waals surface area contributed by atoms with Crippen LogP contribution in [0, 0.1) is 20.8 Å². The fourth-order valence-corrected chi connectivity index (χ4v) is 4.90. The van der Waals surface area contributed by atoms with Gasteiger partial charge in [-0.2, -0.15) is 8.42 Å². The highest BCUT2D eigenvalue weighted by Gasteiger charge is 2.21. The summed E-state index contributed by atoms with van der Waals surface area (Å²) in [5, 5.41) is 11.4. The van der Waals surface area contributed by atoms with Crippen LogP contribution in [0.5, 0.6) is 0 Å². The van der Waals surface area contributed by atoms with Crippen LogP contribution in [0.25, 0.3) is 0 Å². The highest BCUT2D eigenvalue weighted by Crippen LogP contribution is 2.25. The molecule has 0 atom stereocenters. The molecule has 0 aliphatic carbocycles. The molecule has 2 aromatic carbocycles. The van der Waals surface area contributed by atoms with Crippen molar-refractivity contribution in [3.8, 4) is 0 Å². The quantitative estimate of drug-likeness (QED) is 0.105. The highest BCUT2D eigenvalue weighted by atomic mass is 127. The average molecular weight is 787 g/mol. The van der Waals surface area contributed by atoms with Crippen molar-refractivity contribution in [2.45, 2.75) is 6.61 Å². The Hall–Kier alpha value is -1.12. The molecule has 0 amide bonds. The number of nitro groups is 1. The largest absolute Gasteiger partial charge is 0.461 e. The third-order valence-corrected chi connectivity index (χ3v) is 8.01. The Bertz CT molecular complexity index is 1150. The molecule has 0 bridgehead atoms. The van der Waals surface area contributed by atoms with Crippen molar-refractivity contribution >= 4 is 95.5 Å². The number of hydrogen-bond donors (Lipinski definition) is 1. The Labute approximate surface area is 217 Å². The van der Waals surface area contributed by atoms with Crippen molar-refractivity contribution in [3.63, 3.8) is 0 Å². The van der Waals surface area contributed by atoms with E-state index in [0.29, 0.717) is 9.13 Å². The van der Waals surface area contributed by atoms with E-state index in [9.17, 15) is 28.1 Å². The van der Waals surface area contributed by atoms with Crippen molar-refractivity contribution in [1.82, 2.24) is 0 Å². The molecule has 0 unspecified atom stereocenters. The number of carbonyl (C=O) groups excluding carboxylic acids is 2. The number of esters is 2. The Kier molecular flexibility index (Phi) is 9.40. The van der Waals surface area contributed by atoms with Gasteiger partial charge in [-0.25, -0.2) is 9.59 Å². The Morgan fingerprint density at radius 1 is 1.06 bits per heavy atom. The van der Waals surface area contributed by atoms with Crippen LogP contribution in [-0.4, -0.2) is 42.2 Å².